The van der Waals surface area contributed by atoms with Gasteiger partial charge in [-0.15, -0.1) is 0 Å². The summed E-state index contributed by atoms with van der Waals surface area (Å²) in [5, 5.41) is 0. The van der Waals surface area contributed by atoms with Gasteiger partial charge < -0.3 is 9.62 Å². The average Bonchev–Trinajstić information content (AvgIpc) is 2.64. The molecular formula is C25H40O4. The smallest absolute Gasteiger partial charge is 0.306 e. The van der Waals surface area contributed by atoms with E-state index in [1.807, 2.05) is 41.5 Å². The Morgan fingerprint density at radius 2 is 1.45 bits per heavy atom. The zero-order valence-corrected chi connectivity index (χ0v) is 19.3. The van der Waals surface area contributed by atoms with Crippen LogP contribution in [0.25, 0.3) is 0 Å². The Morgan fingerprint density at radius 3 is 1.97 bits per heavy atom. The van der Waals surface area contributed by atoms with Crippen molar-refractivity contribution in [2.24, 2.45) is 0 Å². The molecule has 4 heteroatoms. The molecule has 0 amide bonds. The molecule has 0 saturated carbocycles. The van der Waals surface area contributed by atoms with Gasteiger partial charge in [-0.2, -0.15) is 4.89 Å². The van der Waals surface area contributed by atoms with Gasteiger partial charge in [0, 0.05) is 12.8 Å². The van der Waals surface area contributed by atoms with E-state index in [9.17, 15) is 4.79 Å². The molecule has 4 nitrogen and oxygen atoms in total. The fourth-order valence-corrected chi connectivity index (χ4v) is 2.62. The van der Waals surface area contributed by atoms with Crippen molar-refractivity contribution in [1.29, 1.82) is 0 Å². The van der Waals surface area contributed by atoms with Crippen LogP contribution in [0.5, 0.6) is 0 Å². The van der Waals surface area contributed by atoms with Crippen LogP contribution in [0.4, 0.5) is 0 Å². The van der Waals surface area contributed by atoms with Crippen molar-refractivity contribution in [3.05, 3.63) is 47.7 Å². The van der Waals surface area contributed by atoms with E-state index in [1.54, 1.807) is 0 Å². The molecule has 0 aliphatic rings. The number of ether oxygens (including phenoxy) is 1. The highest BCUT2D eigenvalue weighted by Gasteiger charge is 2.19. The molecule has 0 fully saturated rings. The fourth-order valence-electron chi connectivity index (χ4n) is 2.62. The molecule has 0 unspecified atom stereocenters. The van der Waals surface area contributed by atoms with Gasteiger partial charge in [-0.1, -0.05) is 37.8 Å². The predicted molar refractivity (Wildman–Crippen MR) is 118 cm³/mol. The Labute approximate surface area is 177 Å². The highest BCUT2D eigenvalue weighted by atomic mass is 17.2. The van der Waals surface area contributed by atoms with Crippen LogP contribution < -0.4 is 0 Å². The van der Waals surface area contributed by atoms with Gasteiger partial charge in [0.15, 0.2) is 0 Å². The van der Waals surface area contributed by atoms with Gasteiger partial charge >= 0.3 is 5.97 Å². The van der Waals surface area contributed by atoms with Gasteiger partial charge in [0.25, 0.3) is 0 Å². The van der Waals surface area contributed by atoms with Crippen LogP contribution in [0.1, 0.15) is 91.2 Å². The highest BCUT2D eigenvalue weighted by molar-refractivity contribution is 5.69. The lowest BCUT2D eigenvalue weighted by Gasteiger charge is -2.23. The summed E-state index contributed by atoms with van der Waals surface area (Å²) in [5.41, 5.74) is 1.93. The first-order valence-electron chi connectivity index (χ1n) is 10.8. The monoisotopic (exact) mass is 404 g/mol. The maximum atomic E-state index is 11.9. The quantitative estimate of drug-likeness (QED) is 0.120. The van der Waals surface area contributed by atoms with Crippen LogP contribution in [0.2, 0.25) is 0 Å². The first-order chi connectivity index (χ1) is 13.5. The molecule has 1 rings (SSSR count). The van der Waals surface area contributed by atoms with Crippen molar-refractivity contribution < 1.29 is 19.3 Å². The minimum absolute atomic E-state index is 0.0920. The molecule has 1 aromatic carbocycles. The van der Waals surface area contributed by atoms with E-state index in [2.05, 4.69) is 30.8 Å². The topological polar surface area (TPSA) is 44.8 Å². The van der Waals surface area contributed by atoms with Crippen LogP contribution >= 0.6 is 0 Å². The first kappa shape index (κ1) is 25.2. The number of rotatable bonds is 13. The van der Waals surface area contributed by atoms with Crippen LogP contribution in [0.15, 0.2) is 36.6 Å². The number of esters is 1. The van der Waals surface area contributed by atoms with Gasteiger partial charge in [0.05, 0.1) is 0 Å². The highest BCUT2D eigenvalue weighted by Crippen LogP contribution is 2.17. The Hall–Kier alpha value is -1.81. The summed E-state index contributed by atoms with van der Waals surface area (Å²) in [6, 6.07) is 8.73. The number of carbonyl (C=O) groups is 1. The van der Waals surface area contributed by atoms with E-state index in [1.165, 1.54) is 11.1 Å². The number of hydrogen-bond acceptors (Lipinski definition) is 4. The van der Waals surface area contributed by atoms with Crippen LogP contribution in [-0.2, 0) is 32.1 Å². The SMILES string of the molecule is C=C(CCCc1ccc(CCCCC(=O)OC(C)(C)CC)cc1)OOC(C)(C)C. The Balaban J connectivity index is 2.22. The van der Waals surface area contributed by atoms with Crippen molar-refractivity contribution >= 4 is 5.97 Å². The standard InChI is InChI=1S/C25H40O4/c1-8-25(6,7)27-23(26)15-10-9-13-21-16-18-22(19-17-21)14-11-12-20(2)28-29-24(3,4)5/h16-19H,2,8-15H2,1,3-7H3. The van der Waals surface area contributed by atoms with Crippen molar-refractivity contribution in [2.75, 3.05) is 0 Å². The Kier molecular flexibility index (Phi) is 10.5. The summed E-state index contributed by atoms with van der Waals surface area (Å²) in [7, 11) is 0. The van der Waals surface area contributed by atoms with E-state index in [-0.39, 0.29) is 17.2 Å². The van der Waals surface area contributed by atoms with Gasteiger partial charge in [0.1, 0.15) is 17.0 Å². The zero-order valence-electron chi connectivity index (χ0n) is 19.3. The lowest BCUT2D eigenvalue weighted by atomic mass is 10.0. The number of allylic oxidation sites excluding steroid dienone is 1. The van der Waals surface area contributed by atoms with Crippen molar-refractivity contribution in [3.8, 4) is 0 Å². The van der Waals surface area contributed by atoms with Crippen LogP contribution in [-0.4, -0.2) is 17.2 Å². The molecule has 0 atom stereocenters. The number of carbonyl (C=O) groups excluding carboxylic acids is 1. The summed E-state index contributed by atoms with van der Waals surface area (Å²) in [6.45, 7) is 15.7. The van der Waals surface area contributed by atoms with Gasteiger partial charge in [-0.05, 0) is 84.3 Å². The number of aryl methyl sites for hydroxylation is 2. The van der Waals surface area contributed by atoms with Crippen molar-refractivity contribution in [1.82, 2.24) is 0 Å². The Bertz CT molecular complexity index is 623. The second-order valence-electron chi connectivity index (χ2n) is 9.28. The normalized spacial score (nSPS) is 11.9. The molecule has 0 radical (unpaired) electrons. The first-order valence-corrected chi connectivity index (χ1v) is 10.8. The maximum absolute atomic E-state index is 11.9. The second kappa shape index (κ2) is 12.0. The molecule has 0 aromatic heterocycles. The third kappa shape index (κ3) is 12.4. The Morgan fingerprint density at radius 1 is 0.897 bits per heavy atom. The summed E-state index contributed by atoms with van der Waals surface area (Å²) in [6.07, 6.45) is 6.90. The van der Waals surface area contributed by atoms with Gasteiger partial charge in [-0.25, -0.2) is 0 Å². The minimum Gasteiger partial charge on any atom is -0.460 e. The fraction of sp³-hybridized carbons (Fsp3) is 0.640. The van der Waals surface area contributed by atoms with Crippen molar-refractivity contribution in [3.63, 3.8) is 0 Å². The van der Waals surface area contributed by atoms with E-state index in [4.69, 9.17) is 14.5 Å². The molecule has 1 aromatic rings. The molecule has 164 valence electrons. The van der Waals surface area contributed by atoms with E-state index >= 15 is 0 Å². The molecule has 0 spiro atoms. The number of hydrogen-bond donors (Lipinski definition) is 0. The third-order valence-corrected chi connectivity index (χ3v) is 4.69. The van der Waals surface area contributed by atoms with E-state index < -0.39 is 0 Å². The predicted octanol–water partition coefficient (Wildman–Crippen LogP) is 6.71. The lowest BCUT2D eigenvalue weighted by Crippen LogP contribution is -2.26. The minimum atomic E-state index is -0.356. The maximum Gasteiger partial charge on any atom is 0.306 e. The van der Waals surface area contributed by atoms with Crippen LogP contribution in [0.3, 0.4) is 0 Å². The largest absolute Gasteiger partial charge is 0.460 e. The molecule has 0 bridgehead atoms. The molecule has 0 saturated heterocycles. The van der Waals surface area contributed by atoms with Gasteiger partial charge in [-0.3, -0.25) is 4.79 Å². The van der Waals surface area contributed by atoms with Crippen LogP contribution in [0, 0.1) is 0 Å². The number of unbranched alkanes of at least 4 members (excludes halogenated alkanes) is 1. The number of benzene rings is 1. The van der Waals surface area contributed by atoms with E-state index in [0.717, 1.165) is 44.9 Å². The third-order valence-electron chi connectivity index (χ3n) is 4.69. The molecule has 0 N–H and O–H groups in total. The average molecular weight is 405 g/mol. The summed E-state index contributed by atoms with van der Waals surface area (Å²) in [5.74, 6) is 0.572. The second-order valence-corrected chi connectivity index (χ2v) is 9.28. The summed E-state index contributed by atoms with van der Waals surface area (Å²) < 4.78 is 5.48. The zero-order chi connectivity index (χ0) is 21.9. The molecule has 29 heavy (non-hydrogen) atoms. The lowest BCUT2D eigenvalue weighted by molar-refractivity contribution is -0.322. The summed E-state index contributed by atoms with van der Waals surface area (Å²) in [4.78, 5) is 22.4. The molecule has 0 aliphatic carbocycles. The molecular weight excluding hydrogens is 364 g/mol. The van der Waals surface area contributed by atoms with E-state index in [0.29, 0.717) is 12.2 Å². The molecule has 0 aliphatic heterocycles. The van der Waals surface area contributed by atoms with Crippen molar-refractivity contribution in [2.45, 2.75) is 104 Å². The molecule has 0 heterocycles. The van der Waals surface area contributed by atoms with Gasteiger partial charge in [0.2, 0.25) is 0 Å². The summed E-state index contributed by atoms with van der Waals surface area (Å²) >= 11 is 0.